The van der Waals surface area contributed by atoms with Crippen molar-refractivity contribution in [3.05, 3.63) is 24.3 Å². The lowest BCUT2D eigenvalue weighted by Crippen LogP contribution is -2.41. The van der Waals surface area contributed by atoms with Crippen molar-refractivity contribution < 1.29 is 17.7 Å². The van der Waals surface area contributed by atoms with Crippen molar-refractivity contribution in [2.24, 2.45) is 0 Å². The van der Waals surface area contributed by atoms with Crippen LogP contribution in [-0.2, 0) is 19.1 Å². The van der Waals surface area contributed by atoms with Gasteiger partial charge in [-0.2, -0.15) is 0 Å². The molecule has 0 aliphatic carbocycles. The van der Waals surface area contributed by atoms with Gasteiger partial charge in [0.05, 0.1) is 22.7 Å². The summed E-state index contributed by atoms with van der Waals surface area (Å²) in [7, 11) is -3.27. The van der Waals surface area contributed by atoms with E-state index in [-0.39, 0.29) is 22.7 Å². The van der Waals surface area contributed by atoms with Crippen LogP contribution in [0.5, 0.6) is 0 Å². The zero-order valence-electron chi connectivity index (χ0n) is 14.2. The van der Waals surface area contributed by atoms with Crippen molar-refractivity contribution in [3.8, 4) is 0 Å². The van der Waals surface area contributed by atoms with Crippen molar-refractivity contribution in [3.63, 3.8) is 0 Å². The van der Waals surface area contributed by atoms with E-state index >= 15 is 0 Å². The van der Waals surface area contributed by atoms with E-state index < -0.39 is 17.0 Å². The SMILES string of the molecule is CC1(C)OB(c2cccc(N3CCS(=O)(=O)CC3)c2)OC1(C)C. The first-order valence-corrected chi connectivity index (χ1v) is 9.83. The van der Waals surface area contributed by atoms with Crippen LogP contribution in [0, 0.1) is 0 Å². The Labute approximate surface area is 139 Å². The Hall–Kier alpha value is -1.05. The molecular weight excluding hydrogens is 313 g/mol. The van der Waals surface area contributed by atoms with Gasteiger partial charge in [-0.1, -0.05) is 12.1 Å². The summed E-state index contributed by atoms with van der Waals surface area (Å²) in [5, 5.41) is 0. The van der Waals surface area contributed by atoms with E-state index in [0.29, 0.717) is 13.1 Å². The number of anilines is 1. The minimum absolute atomic E-state index is 0.216. The fraction of sp³-hybridized carbons (Fsp3) is 0.625. The Balaban J connectivity index is 1.79. The average molecular weight is 337 g/mol. The topological polar surface area (TPSA) is 55.8 Å². The van der Waals surface area contributed by atoms with Crippen molar-refractivity contribution in [2.45, 2.75) is 38.9 Å². The van der Waals surface area contributed by atoms with Gasteiger partial charge in [-0.25, -0.2) is 8.42 Å². The average Bonchev–Trinajstić information content (AvgIpc) is 2.68. The third-order valence-corrected chi connectivity index (χ3v) is 6.71. The van der Waals surface area contributed by atoms with E-state index in [1.54, 1.807) is 0 Å². The predicted octanol–water partition coefficient (Wildman–Crippen LogP) is 1.22. The van der Waals surface area contributed by atoms with Crippen LogP contribution in [0.1, 0.15) is 27.7 Å². The highest BCUT2D eigenvalue weighted by Crippen LogP contribution is 2.36. The molecule has 2 heterocycles. The zero-order valence-corrected chi connectivity index (χ0v) is 15.0. The summed E-state index contributed by atoms with van der Waals surface area (Å²) in [5.41, 5.74) is 1.25. The van der Waals surface area contributed by atoms with Gasteiger partial charge < -0.3 is 14.2 Å². The van der Waals surface area contributed by atoms with E-state index in [9.17, 15) is 8.42 Å². The lowest BCUT2D eigenvalue weighted by molar-refractivity contribution is 0.00578. The van der Waals surface area contributed by atoms with Gasteiger partial charge in [-0.3, -0.25) is 0 Å². The van der Waals surface area contributed by atoms with Gasteiger partial charge in [0.2, 0.25) is 0 Å². The fourth-order valence-electron chi connectivity index (χ4n) is 2.82. The molecule has 0 aromatic heterocycles. The lowest BCUT2D eigenvalue weighted by Gasteiger charge is -2.32. The summed E-state index contributed by atoms with van der Waals surface area (Å²) in [4.78, 5) is 2.11. The van der Waals surface area contributed by atoms with Gasteiger partial charge in [-0.05, 0) is 45.3 Å². The molecule has 126 valence electrons. The second-order valence-corrected chi connectivity index (χ2v) is 9.63. The van der Waals surface area contributed by atoms with Gasteiger partial charge in [-0.15, -0.1) is 0 Å². The number of hydrogen-bond donors (Lipinski definition) is 0. The van der Waals surface area contributed by atoms with Gasteiger partial charge in [0.25, 0.3) is 0 Å². The molecule has 0 amide bonds. The molecule has 2 fully saturated rings. The minimum atomic E-state index is -2.87. The first kappa shape index (κ1) is 16.8. The van der Waals surface area contributed by atoms with Crippen LogP contribution in [-0.4, -0.2) is 51.3 Å². The van der Waals surface area contributed by atoms with Crippen LogP contribution in [0.2, 0.25) is 0 Å². The molecule has 0 atom stereocenters. The standard InChI is InChI=1S/C16H24BNO4S/c1-15(2)16(3,4)22-17(21-15)13-6-5-7-14(12-13)18-8-10-23(19,20)11-9-18/h5-7,12H,8-11H2,1-4H3. The molecule has 1 aromatic carbocycles. The molecule has 2 saturated heterocycles. The van der Waals surface area contributed by atoms with Crippen molar-refractivity contribution in [2.75, 3.05) is 29.5 Å². The highest BCUT2D eigenvalue weighted by Gasteiger charge is 2.51. The molecule has 3 rings (SSSR count). The van der Waals surface area contributed by atoms with E-state index in [2.05, 4.69) is 4.90 Å². The second-order valence-electron chi connectivity index (χ2n) is 7.32. The minimum Gasteiger partial charge on any atom is -0.399 e. The molecule has 0 bridgehead atoms. The number of nitrogens with zero attached hydrogens (tertiary/aromatic N) is 1. The van der Waals surface area contributed by atoms with Crippen LogP contribution >= 0.6 is 0 Å². The van der Waals surface area contributed by atoms with Gasteiger partial charge in [0, 0.05) is 18.8 Å². The third kappa shape index (κ3) is 3.27. The largest absolute Gasteiger partial charge is 0.494 e. The Bertz CT molecular complexity index is 672. The van der Waals surface area contributed by atoms with E-state index in [1.807, 2.05) is 52.0 Å². The number of rotatable bonds is 2. The summed E-state index contributed by atoms with van der Waals surface area (Å²) in [6.07, 6.45) is 0. The van der Waals surface area contributed by atoms with Crippen LogP contribution in [0.15, 0.2) is 24.3 Å². The lowest BCUT2D eigenvalue weighted by atomic mass is 9.79. The number of hydrogen-bond acceptors (Lipinski definition) is 5. The van der Waals surface area contributed by atoms with Crippen molar-refractivity contribution >= 4 is 28.1 Å². The molecule has 5 nitrogen and oxygen atoms in total. The van der Waals surface area contributed by atoms with E-state index in [1.165, 1.54) is 0 Å². The molecule has 7 heteroatoms. The van der Waals surface area contributed by atoms with Gasteiger partial charge in [0.1, 0.15) is 0 Å². The summed E-state index contributed by atoms with van der Waals surface area (Å²) < 4.78 is 35.3. The Morgan fingerprint density at radius 1 is 1.04 bits per heavy atom. The third-order valence-electron chi connectivity index (χ3n) is 5.11. The van der Waals surface area contributed by atoms with Crippen molar-refractivity contribution in [1.82, 2.24) is 0 Å². The van der Waals surface area contributed by atoms with Crippen LogP contribution in [0.4, 0.5) is 5.69 Å². The Morgan fingerprint density at radius 2 is 1.61 bits per heavy atom. The normalized spacial score (nSPS) is 25.6. The Kier molecular flexibility index (Phi) is 4.02. The molecule has 2 aliphatic rings. The predicted molar refractivity (Wildman–Crippen MR) is 93.0 cm³/mol. The maximum atomic E-state index is 11.6. The first-order valence-electron chi connectivity index (χ1n) is 8.01. The molecule has 1 aromatic rings. The van der Waals surface area contributed by atoms with E-state index in [0.717, 1.165) is 11.2 Å². The fourth-order valence-corrected chi connectivity index (χ4v) is 4.02. The molecular formula is C16H24BNO4S. The van der Waals surface area contributed by atoms with Gasteiger partial charge in [0.15, 0.2) is 9.84 Å². The molecule has 0 N–H and O–H groups in total. The van der Waals surface area contributed by atoms with E-state index in [4.69, 9.17) is 9.31 Å². The van der Waals surface area contributed by atoms with Crippen LogP contribution < -0.4 is 10.4 Å². The maximum Gasteiger partial charge on any atom is 0.494 e. The van der Waals surface area contributed by atoms with Crippen molar-refractivity contribution in [1.29, 1.82) is 0 Å². The molecule has 0 radical (unpaired) electrons. The molecule has 0 unspecified atom stereocenters. The molecule has 2 aliphatic heterocycles. The van der Waals surface area contributed by atoms with Gasteiger partial charge >= 0.3 is 7.12 Å². The van der Waals surface area contributed by atoms with Crippen LogP contribution in [0.3, 0.4) is 0 Å². The summed E-state index contributed by atoms with van der Waals surface area (Å²) in [6.45, 7) is 9.21. The smallest absolute Gasteiger partial charge is 0.399 e. The highest BCUT2D eigenvalue weighted by atomic mass is 32.2. The molecule has 0 saturated carbocycles. The summed E-state index contributed by atoms with van der Waals surface area (Å²) in [5.74, 6) is 0.432. The monoisotopic (exact) mass is 337 g/mol. The number of sulfone groups is 1. The quantitative estimate of drug-likeness (QED) is 0.760. The molecule has 23 heavy (non-hydrogen) atoms. The second kappa shape index (κ2) is 5.50. The zero-order chi connectivity index (χ0) is 16.9. The van der Waals surface area contributed by atoms with Crippen LogP contribution in [0.25, 0.3) is 0 Å². The number of benzene rings is 1. The Morgan fingerprint density at radius 3 is 2.17 bits per heavy atom. The summed E-state index contributed by atoms with van der Waals surface area (Å²) in [6, 6.07) is 8.01. The highest BCUT2D eigenvalue weighted by molar-refractivity contribution is 7.91. The maximum absolute atomic E-state index is 11.6. The molecule has 0 spiro atoms. The summed E-state index contributed by atoms with van der Waals surface area (Å²) >= 11 is 0. The first-order chi connectivity index (χ1) is 10.6.